The Morgan fingerprint density at radius 3 is 2.22 bits per heavy atom. The smallest absolute Gasteiger partial charge is 0.249 e. The fraction of sp³-hybridized carbons (Fsp3) is 0.788. The van der Waals surface area contributed by atoms with Crippen LogP contribution >= 0.6 is 0 Å². The van der Waals surface area contributed by atoms with Crippen LogP contribution in [0.2, 0.25) is 0 Å². The van der Waals surface area contributed by atoms with Gasteiger partial charge >= 0.3 is 0 Å². The SMILES string of the molecule is C=CCN(C)C(=O)[C@H]1[C@H]2C(=O)N([C@@H](CO)CC(C)C)C(C(=O)N(CC=C)C(C)(C)CC(C)(C)C)C23CC(C)[C@]1(C)O3. The third-order valence-electron chi connectivity index (χ3n) is 9.65. The minimum Gasteiger partial charge on any atom is -0.394 e. The van der Waals surface area contributed by atoms with E-state index in [0.29, 0.717) is 25.9 Å². The number of aliphatic hydroxyl groups excluding tert-OH is 1. The molecule has 2 bridgehead atoms. The van der Waals surface area contributed by atoms with Crippen LogP contribution in [0.3, 0.4) is 0 Å². The fourth-order valence-corrected chi connectivity index (χ4v) is 8.37. The number of fused-ring (bicyclic) bond motifs is 1. The van der Waals surface area contributed by atoms with Gasteiger partial charge in [-0.1, -0.05) is 53.7 Å². The quantitative estimate of drug-likeness (QED) is 0.352. The molecule has 0 aromatic rings. The molecule has 0 saturated carbocycles. The number of carbonyl (C=O) groups is 3. The molecule has 3 saturated heterocycles. The van der Waals surface area contributed by atoms with Crippen molar-refractivity contribution < 1.29 is 24.2 Å². The normalized spacial score (nSPS) is 31.8. The van der Waals surface area contributed by atoms with Crippen molar-refractivity contribution >= 4 is 17.7 Å². The summed E-state index contributed by atoms with van der Waals surface area (Å²) in [6.45, 7) is 26.7. The lowest BCUT2D eigenvalue weighted by Crippen LogP contribution is -2.62. The summed E-state index contributed by atoms with van der Waals surface area (Å²) >= 11 is 0. The summed E-state index contributed by atoms with van der Waals surface area (Å²) in [5.74, 6) is -2.07. The topological polar surface area (TPSA) is 90.4 Å². The van der Waals surface area contributed by atoms with Gasteiger partial charge in [0.2, 0.25) is 17.7 Å². The molecule has 8 heteroatoms. The highest BCUT2D eigenvalue weighted by molar-refractivity contribution is 5.99. The van der Waals surface area contributed by atoms with E-state index in [-0.39, 0.29) is 41.6 Å². The molecule has 8 nitrogen and oxygen atoms in total. The maximum Gasteiger partial charge on any atom is 0.249 e. The molecule has 3 fully saturated rings. The van der Waals surface area contributed by atoms with Gasteiger partial charge < -0.3 is 24.5 Å². The average molecular weight is 574 g/mol. The molecule has 0 aromatic heterocycles. The molecule has 1 N–H and O–H groups in total. The fourth-order valence-electron chi connectivity index (χ4n) is 8.37. The van der Waals surface area contributed by atoms with Crippen LogP contribution in [-0.2, 0) is 19.1 Å². The Morgan fingerprint density at radius 2 is 1.73 bits per heavy atom. The maximum absolute atomic E-state index is 15.0. The molecule has 3 amide bonds. The van der Waals surface area contributed by atoms with Crippen molar-refractivity contribution in [2.75, 3.05) is 26.7 Å². The number of likely N-dealkylation sites (N-methyl/N-ethyl adjacent to an activating group) is 1. The number of hydrogen-bond acceptors (Lipinski definition) is 5. The van der Waals surface area contributed by atoms with Crippen LogP contribution in [0.4, 0.5) is 0 Å². The molecule has 7 atom stereocenters. The molecule has 0 radical (unpaired) electrons. The monoisotopic (exact) mass is 573 g/mol. The van der Waals surface area contributed by atoms with E-state index in [9.17, 15) is 19.5 Å². The Morgan fingerprint density at radius 1 is 1.15 bits per heavy atom. The second-order valence-corrected chi connectivity index (χ2v) is 15.2. The van der Waals surface area contributed by atoms with Crippen molar-refractivity contribution in [1.82, 2.24) is 14.7 Å². The molecule has 3 heterocycles. The molecule has 1 spiro atoms. The van der Waals surface area contributed by atoms with Crippen LogP contribution in [0.1, 0.15) is 81.6 Å². The highest BCUT2D eigenvalue weighted by Crippen LogP contribution is 2.66. The van der Waals surface area contributed by atoms with E-state index in [1.54, 1.807) is 29.0 Å². The third-order valence-corrected chi connectivity index (χ3v) is 9.65. The van der Waals surface area contributed by atoms with Crippen molar-refractivity contribution in [3.63, 3.8) is 0 Å². The molecule has 41 heavy (non-hydrogen) atoms. The lowest BCUT2D eigenvalue weighted by molar-refractivity contribution is -0.161. The van der Waals surface area contributed by atoms with Gasteiger partial charge in [-0.2, -0.15) is 0 Å². The van der Waals surface area contributed by atoms with Crippen LogP contribution in [0.25, 0.3) is 0 Å². The minimum atomic E-state index is -1.17. The Balaban J connectivity index is 2.24. The summed E-state index contributed by atoms with van der Waals surface area (Å²) in [5, 5.41) is 10.6. The molecular formula is C33H55N3O5. The number of hydrogen-bond donors (Lipinski definition) is 1. The van der Waals surface area contributed by atoms with Gasteiger partial charge in [0.15, 0.2) is 0 Å². The minimum absolute atomic E-state index is 0.0546. The first-order valence-corrected chi connectivity index (χ1v) is 15.2. The van der Waals surface area contributed by atoms with Crippen LogP contribution < -0.4 is 0 Å². The first-order valence-electron chi connectivity index (χ1n) is 15.2. The van der Waals surface area contributed by atoms with E-state index in [2.05, 4.69) is 54.7 Å². The zero-order chi connectivity index (χ0) is 31.3. The predicted octanol–water partition coefficient (Wildman–Crippen LogP) is 4.28. The van der Waals surface area contributed by atoms with Gasteiger partial charge in [0.25, 0.3) is 0 Å². The second-order valence-electron chi connectivity index (χ2n) is 15.2. The van der Waals surface area contributed by atoms with Crippen LogP contribution in [-0.4, -0.2) is 93.1 Å². The van der Waals surface area contributed by atoms with Gasteiger partial charge in [0, 0.05) is 25.7 Å². The average Bonchev–Trinajstić information content (AvgIpc) is 3.35. The standard InChI is InChI=1S/C33H55N3O5/c1-13-15-34(12)27(38)24-25-28(39)36(23(19-37)17-21(3)4)26(33(25)18-22(5)32(24,11)41-33)29(40)35(16-14-2)31(9,10)20-30(6,7)8/h13-14,21-26,37H,1-2,15-20H2,3-12H3/t22?,23-,24-,25+,26?,32+,33?/m1/s1. The summed E-state index contributed by atoms with van der Waals surface area (Å²) in [7, 11) is 1.71. The number of ether oxygens (including phenoxy) is 1. The Hall–Kier alpha value is -2.19. The van der Waals surface area contributed by atoms with Gasteiger partial charge in [-0.3, -0.25) is 14.4 Å². The van der Waals surface area contributed by atoms with Crippen molar-refractivity contribution in [2.24, 2.45) is 29.1 Å². The van der Waals surface area contributed by atoms with Gasteiger partial charge in [0.05, 0.1) is 30.1 Å². The van der Waals surface area contributed by atoms with Crippen LogP contribution in [0, 0.1) is 29.1 Å². The first kappa shape index (κ1) is 33.3. The van der Waals surface area contributed by atoms with Crippen molar-refractivity contribution in [3.05, 3.63) is 25.3 Å². The number of likely N-dealkylation sites (tertiary alicyclic amines) is 1. The van der Waals surface area contributed by atoms with Gasteiger partial charge in [-0.25, -0.2) is 0 Å². The zero-order valence-corrected chi connectivity index (χ0v) is 27.2. The Kier molecular flexibility index (Phi) is 9.33. The Bertz CT molecular complexity index is 1050. The molecule has 0 aromatic carbocycles. The van der Waals surface area contributed by atoms with E-state index in [4.69, 9.17) is 4.74 Å². The van der Waals surface area contributed by atoms with Crippen molar-refractivity contribution in [1.29, 1.82) is 0 Å². The molecule has 3 rings (SSSR count). The molecule has 232 valence electrons. The summed E-state index contributed by atoms with van der Waals surface area (Å²) in [4.78, 5) is 48.6. The lowest BCUT2D eigenvalue weighted by atomic mass is 9.62. The highest BCUT2D eigenvalue weighted by Gasteiger charge is 2.80. The molecule has 3 aliphatic rings. The number of nitrogens with zero attached hydrogens (tertiary/aromatic N) is 3. The number of aliphatic hydroxyl groups is 1. The van der Waals surface area contributed by atoms with Crippen LogP contribution in [0.15, 0.2) is 25.3 Å². The maximum atomic E-state index is 15.0. The van der Waals surface area contributed by atoms with E-state index < -0.39 is 40.7 Å². The summed E-state index contributed by atoms with van der Waals surface area (Å²) < 4.78 is 6.93. The summed E-state index contributed by atoms with van der Waals surface area (Å²) in [5.41, 5.74) is -2.67. The predicted molar refractivity (Wildman–Crippen MR) is 162 cm³/mol. The van der Waals surface area contributed by atoms with Crippen LogP contribution in [0.5, 0.6) is 0 Å². The zero-order valence-electron chi connectivity index (χ0n) is 27.2. The number of rotatable bonds is 12. The second kappa shape index (κ2) is 11.5. The van der Waals surface area contributed by atoms with E-state index in [1.165, 1.54) is 0 Å². The largest absolute Gasteiger partial charge is 0.394 e. The number of carbonyl (C=O) groups excluding carboxylic acids is 3. The molecular weight excluding hydrogens is 518 g/mol. The van der Waals surface area contributed by atoms with Crippen molar-refractivity contribution in [3.8, 4) is 0 Å². The lowest BCUT2D eigenvalue weighted by Gasteiger charge is -2.46. The Labute approximate surface area is 248 Å². The summed E-state index contributed by atoms with van der Waals surface area (Å²) in [6.07, 6.45) is 5.14. The molecule has 3 aliphatic heterocycles. The van der Waals surface area contributed by atoms with Gasteiger partial charge in [0.1, 0.15) is 11.6 Å². The van der Waals surface area contributed by atoms with E-state index in [1.807, 2.05) is 25.7 Å². The highest BCUT2D eigenvalue weighted by atomic mass is 16.5. The summed E-state index contributed by atoms with van der Waals surface area (Å²) in [6, 6.07) is -1.53. The molecule has 3 unspecified atom stereocenters. The van der Waals surface area contributed by atoms with E-state index >= 15 is 0 Å². The third kappa shape index (κ3) is 5.63. The van der Waals surface area contributed by atoms with Gasteiger partial charge in [-0.05, 0) is 57.3 Å². The first-order chi connectivity index (χ1) is 18.8. The van der Waals surface area contributed by atoms with Gasteiger partial charge in [-0.15, -0.1) is 13.2 Å². The number of amides is 3. The molecule has 0 aliphatic carbocycles. The van der Waals surface area contributed by atoms with Crippen molar-refractivity contribution in [2.45, 2.75) is 110 Å². The van der Waals surface area contributed by atoms with E-state index in [0.717, 1.165) is 6.42 Å².